The fourth-order valence-corrected chi connectivity index (χ4v) is 4.75. The van der Waals surface area contributed by atoms with Crippen LogP contribution in [-0.2, 0) is 14.3 Å². The molecule has 0 aromatic heterocycles. The first kappa shape index (κ1) is 18.3. The Labute approximate surface area is 167 Å². The Morgan fingerprint density at radius 1 is 1.14 bits per heavy atom. The number of hydrogen-bond acceptors (Lipinski definition) is 4. The number of carbonyl (C=O) groups excluding carboxylic acids is 2. The summed E-state index contributed by atoms with van der Waals surface area (Å²) in [5, 5.41) is -0.303. The van der Waals surface area contributed by atoms with Gasteiger partial charge in [-0.2, -0.15) is 0 Å². The average Bonchev–Trinajstić information content (AvgIpc) is 2.73. The van der Waals surface area contributed by atoms with Crippen molar-refractivity contribution < 1.29 is 14.3 Å². The van der Waals surface area contributed by atoms with E-state index < -0.39 is 18.1 Å². The lowest BCUT2D eigenvalue weighted by Crippen LogP contribution is -2.63. The van der Waals surface area contributed by atoms with Gasteiger partial charge >= 0.3 is 17.9 Å². The van der Waals surface area contributed by atoms with Gasteiger partial charge in [-0.05, 0) is 23.6 Å². The van der Waals surface area contributed by atoms with Crippen LogP contribution in [0, 0.1) is 6.57 Å². The molecule has 1 fully saturated rings. The highest BCUT2D eigenvalue weighted by Gasteiger charge is 2.58. The zero-order chi connectivity index (χ0) is 19.7. The summed E-state index contributed by atoms with van der Waals surface area (Å²) >= 11 is 1.52. The van der Waals surface area contributed by atoms with Gasteiger partial charge in [-0.25, -0.2) is 11.4 Å². The van der Waals surface area contributed by atoms with Crippen LogP contribution in [0.15, 0.2) is 71.9 Å². The Kier molecular flexibility index (Phi) is 4.93. The minimum atomic E-state index is -0.708. The maximum atomic E-state index is 13.1. The van der Waals surface area contributed by atoms with Gasteiger partial charge in [-0.1, -0.05) is 60.7 Å². The van der Waals surface area contributed by atoms with Crippen LogP contribution in [0.5, 0.6) is 0 Å². The van der Waals surface area contributed by atoms with E-state index in [1.54, 1.807) is 0 Å². The highest BCUT2D eigenvalue weighted by atomic mass is 32.2. The lowest BCUT2D eigenvalue weighted by molar-refractivity contribution is -0.152. The minimum Gasteiger partial charge on any atom is -0.448 e. The number of esters is 1. The number of benzene rings is 2. The molecule has 2 aliphatic heterocycles. The summed E-state index contributed by atoms with van der Waals surface area (Å²) in [5.74, 6) is -0.251. The van der Waals surface area contributed by atoms with E-state index in [1.807, 2.05) is 67.6 Å². The highest BCUT2D eigenvalue weighted by Crippen LogP contribution is 2.42. The van der Waals surface area contributed by atoms with Crippen molar-refractivity contribution in [1.82, 2.24) is 4.90 Å². The fourth-order valence-electron chi connectivity index (χ4n) is 3.48. The average molecular weight is 390 g/mol. The molecule has 4 rings (SSSR count). The molecule has 2 atom stereocenters. The number of ether oxygens (including phenoxy) is 1. The molecule has 0 bridgehead atoms. The van der Waals surface area contributed by atoms with Crippen LogP contribution < -0.4 is 0 Å². The SMILES string of the molecule is [C-]#[N+]C1C(=O)N2C(C(=O)OC(c3ccccc3)c3ccccc3)=C(C)CS[C@H]12. The van der Waals surface area contributed by atoms with E-state index in [1.165, 1.54) is 16.7 Å². The summed E-state index contributed by atoms with van der Waals surface area (Å²) in [4.78, 5) is 30.3. The van der Waals surface area contributed by atoms with Crippen molar-refractivity contribution in [3.05, 3.63) is 94.5 Å². The number of carbonyl (C=O) groups is 2. The summed E-state index contributed by atoms with van der Waals surface area (Å²) in [6.45, 7) is 9.04. The van der Waals surface area contributed by atoms with Crippen molar-refractivity contribution in [2.75, 3.05) is 5.75 Å². The van der Waals surface area contributed by atoms with E-state index in [4.69, 9.17) is 11.3 Å². The van der Waals surface area contributed by atoms with Crippen molar-refractivity contribution in [3.8, 4) is 0 Å². The molecule has 28 heavy (non-hydrogen) atoms. The number of β-lactam (4-membered cyclic amide) rings is 1. The standard InChI is InChI=1S/C22H18N2O3S/c1-14-13-28-21-17(23-2)20(25)24(21)18(14)22(26)27-19(15-9-5-3-6-10-15)16-11-7-4-8-12-16/h3-12,17,19,21H,13H2,1H3/t17?,21-/m1/s1. The first-order valence-electron chi connectivity index (χ1n) is 8.93. The monoisotopic (exact) mass is 390 g/mol. The van der Waals surface area contributed by atoms with Gasteiger partial charge in [-0.3, -0.25) is 14.5 Å². The third kappa shape index (κ3) is 3.08. The Bertz CT molecular complexity index is 942. The van der Waals surface area contributed by atoms with Crippen molar-refractivity contribution in [3.63, 3.8) is 0 Å². The van der Waals surface area contributed by atoms with Crippen LogP contribution in [0.1, 0.15) is 24.2 Å². The number of amides is 1. The predicted octanol–water partition coefficient (Wildman–Crippen LogP) is 3.80. The fraction of sp³-hybridized carbons (Fsp3) is 0.227. The number of rotatable bonds is 4. The molecule has 5 nitrogen and oxygen atoms in total. The molecule has 1 unspecified atom stereocenters. The van der Waals surface area contributed by atoms with Gasteiger partial charge in [-0.15, -0.1) is 11.8 Å². The predicted molar refractivity (Wildman–Crippen MR) is 107 cm³/mol. The number of nitrogens with zero attached hydrogens (tertiary/aromatic N) is 2. The van der Waals surface area contributed by atoms with Crippen LogP contribution >= 0.6 is 11.8 Å². The number of hydrogen-bond donors (Lipinski definition) is 0. The molecule has 0 N–H and O–H groups in total. The Morgan fingerprint density at radius 2 is 1.71 bits per heavy atom. The first-order valence-corrected chi connectivity index (χ1v) is 9.98. The molecule has 2 aliphatic rings. The molecule has 0 saturated carbocycles. The molecular formula is C22H18N2O3S. The third-order valence-electron chi connectivity index (χ3n) is 4.89. The second kappa shape index (κ2) is 7.53. The number of fused-ring (bicyclic) bond motifs is 1. The van der Waals surface area contributed by atoms with E-state index in [-0.39, 0.29) is 17.0 Å². The normalized spacial score (nSPS) is 21.0. The molecular weight excluding hydrogens is 372 g/mol. The van der Waals surface area contributed by atoms with Gasteiger partial charge in [0, 0.05) is 5.75 Å². The van der Waals surface area contributed by atoms with Crippen LogP contribution in [0.3, 0.4) is 0 Å². The van der Waals surface area contributed by atoms with Gasteiger partial charge in [0.25, 0.3) is 0 Å². The van der Waals surface area contributed by atoms with E-state index in [0.29, 0.717) is 5.75 Å². The lowest BCUT2D eigenvalue weighted by atomic mass is 10.0. The van der Waals surface area contributed by atoms with Gasteiger partial charge in [0.1, 0.15) is 5.70 Å². The summed E-state index contributed by atoms with van der Waals surface area (Å²) in [5.41, 5.74) is 2.79. The second-order valence-electron chi connectivity index (χ2n) is 6.72. The van der Waals surface area contributed by atoms with Crippen LogP contribution in [0.4, 0.5) is 0 Å². The highest BCUT2D eigenvalue weighted by molar-refractivity contribution is 8.00. The van der Waals surface area contributed by atoms with E-state index in [2.05, 4.69) is 4.85 Å². The summed E-state index contributed by atoms with van der Waals surface area (Å²) in [6, 6.07) is 18.4. The molecule has 1 saturated heterocycles. The summed E-state index contributed by atoms with van der Waals surface area (Å²) in [7, 11) is 0. The van der Waals surface area contributed by atoms with Gasteiger partial charge in [0.15, 0.2) is 11.5 Å². The van der Waals surface area contributed by atoms with Crippen molar-refractivity contribution in [1.29, 1.82) is 0 Å². The largest absolute Gasteiger partial charge is 0.448 e. The van der Waals surface area contributed by atoms with Gasteiger partial charge < -0.3 is 4.74 Å². The van der Waals surface area contributed by atoms with E-state index in [9.17, 15) is 9.59 Å². The second-order valence-corrected chi connectivity index (χ2v) is 7.82. The van der Waals surface area contributed by atoms with Crippen LogP contribution in [0.25, 0.3) is 4.85 Å². The quantitative estimate of drug-likeness (QED) is 0.453. The summed E-state index contributed by atoms with van der Waals surface area (Å²) in [6.07, 6.45) is -0.573. The smallest absolute Gasteiger partial charge is 0.356 e. The molecule has 0 radical (unpaired) electrons. The molecule has 6 heteroatoms. The Hall–Kier alpha value is -3.04. The summed E-state index contributed by atoms with van der Waals surface area (Å²) < 4.78 is 5.92. The zero-order valence-corrected chi connectivity index (χ0v) is 16.1. The van der Waals surface area contributed by atoms with Crippen molar-refractivity contribution >= 4 is 23.6 Å². The molecule has 2 aromatic carbocycles. The Morgan fingerprint density at radius 3 is 2.25 bits per heavy atom. The maximum Gasteiger partial charge on any atom is 0.356 e. The minimum absolute atomic E-state index is 0.283. The lowest BCUT2D eigenvalue weighted by Gasteiger charge is -2.43. The molecule has 140 valence electrons. The molecule has 2 aromatic rings. The van der Waals surface area contributed by atoms with E-state index in [0.717, 1.165) is 16.7 Å². The molecule has 0 spiro atoms. The first-order chi connectivity index (χ1) is 13.6. The zero-order valence-electron chi connectivity index (χ0n) is 15.2. The van der Waals surface area contributed by atoms with E-state index >= 15 is 0 Å². The molecule has 0 aliphatic carbocycles. The molecule has 1 amide bonds. The van der Waals surface area contributed by atoms with Crippen molar-refractivity contribution in [2.45, 2.75) is 24.4 Å². The molecule has 2 heterocycles. The van der Waals surface area contributed by atoms with Crippen LogP contribution in [0.2, 0.25) is 0 Å². The van der Waals surface area contributed by atoms with Crippen LogP contribution in [-0.4, -0.2) is 33.9 Å². The van der Waals surface area contributed by atoms with Gasteiger partial charge in [0.2, 0.25) is 0 Å². The number of thioether (sulfide) groups is 1. The maximum absolute atomic E-state index is 13.1. The van der Waals surface area contributed by atoms with Crippen molar-refractivity contribution in [2.24, 2.45) is 0 Å². The topological polar surface area (TPSA) is 51.0 Å². The Balaban J connectivity index is 1.65. The third-order valence-corrected chi connectivity index (χ3v) is 6.30. The van der Waals surface area contributed by atoms with Gasteiger partial charge in [0.05, 0.1) is 0 Å².